The van der Waals surface area contributed by atoms with Gasteiger partial charge in [0.15, 0.2) is 0 Å². The van der Waals surface area contributed by atoms with E-state index < -0.39 is 29.8 Å². The largest absolute Gasteiger partial charge is 0.445 e. The number of hydrogen-bond donors (Lipinski definition) is 2. The number of ether oxygens (including phenoxy) is 1. The van der Waals surface area contributed by atoms with Crippen molar-refractivity contribution in [1.82, 2.24) is 20.4 Å². The van der Waals surface area contributed by atoms with Gasteiger partial charge in [-0.1, -0.05) is 54.6 Å². The molecule has 7 rings (SSSR count). The number of alkyl carbamates (subject to hydrolysis) is 1. The lowest BCUT2D eigenvalue weighted by molar-refractivity contribution is -0.151. The van der Waals surface area contributed by atoms with Crippen molar-refractivity contribution in [3.63, 3.8) is 0 Å². The molecule has 2 heterocycles. The van der Waals surface area contributed by atoms with Gasteiger partial charge in [-0.3, -0.25) is 14.4 Å². The first-order valence-corrected chi connectivity index (χ1v) is 17.0. The van der Waals surface area contributed by atoms with Gasteiger partial charge in [-0.15, -0.1) is 0 Å². The molecule has 2 atom stereocenters. The quantitative estimate of drug-likeness (QED) is 0.426. The third kappa shape index (κ3) is 6.62. The number of piperidine rings is 1. The van der Waals surface area contributed by atoms with Crippen LogP contribution in [0.1, 0.15) is 81.4 Å². The molecule has 3 aliphatic carbocycles. The summed E-state index contributed by atoms with van der Waals surface area (Å²) in [6, 6.07) is 19.3. The highest BCUT2D eigenvalue weighted by molar-refractivity contribution is 5.84. The van der Waals surface area contributed by atoms with Gasteiger partial charge in [0.1, 0.15) is 25.4 Å². The van der Waals surface area contributed by atoms with E-state index in [0.29, 0.717) is 25.9 Å². The monoisotopic (exact) mass is 657 g/mol. The summed E-state index contributed by atoms with van der Waals surface area (Å²) in [4.78, 5) is 53.9. The summed E-state index contributed by atoms with van der Waals surface area (Å²) >= 11 is 0. The van der Waals surface area contributed by atoms with E-state index in [0.717, 1.165) is 54.6 Å². The van der Waals surface area contributed by atoms with Gasteiger partial charge in [0.2, 0.25) is 17.7 Å². The van der Waals surface area contributed by atoms with Gasteiger partial charge in [0, 0.05) is 31.8 Å². The minimum atomic E-state index is -1.24. The second-order valence-corrected chi connectivity index (χ2v) is 14.1. The van der Waals surface area contributed by atoms with Crippen LogP contribution in [0.5, 0.6) is 0 Å². The molecule has 10 nitrogen and oxygen atoms in total. The molecule has 0 spiro atoms. The number of likely N-dealkylation sites (tertiary alicyclic amines) is 2. The van der Waals surface area contributed by atoms with E-state index in [9.17, 15) is 23.6 Å². The molecule has 2 aromatic rings. The van der Waals surface area contributed by atoms with E-state index in [1.165, 1.54) is 5.56 Å². The Balaban J connectivity index is 0.987. The van der Waals surface area contributed by atoms with Crippen LogP contribution in [-0.4, -0.2) is 72.0 Å². The number of nitriles is 1. The summed E-state index contributed by atoms with van der Waals surface area (Å²) < 4.78 is 18.9. The lowest BCUT2D eigenvalue weighted by atomic mass is 9.51. The zero-order chi connectivity index (χ0) is 33.9. The van der Waals surface area contributed by atoms with Crippen molar-refractivity contribution >= 4 is 23.8 Å². The van der Waals surface area contributed by atoms with Crippen LogP contribution in [0, 0.1) is 16.7 Å². The maximum atomic E-state index is 14.0. The number of nitrogens with one attached hydrogen (secondary N) is 2. The number of nitrogens with zero attached hydrogens (tertiary/aromatic N) is 3. The molecule has 0 unspecified atom stereocenters. The number of amides is 4. The Labute approximate surface area is 281 Å². The van der Waals surface area contributed by atoms with Gasteiger partial charge in [0.05, 0.1) is 18.2 Å². The standard InChI is InChI=1S/C37H44FN5O5/c1-26(44)41-37(29-5-3-2-4-6-29)17-19-42(20-18-37)33(46)36-14-11-35(12-15-36,13-16-36)28-9-7-27(8-10-28)25-48-34(47)40-23-32(45)43-24-30(38)21-31(43)22-39/h2-10,30-31H,11-21,23-25H2,1H3,(H,40,47)(H,41,44)/t30-,31-,35?,36?/m0/s1. The minimum absolute atomic E-state index is 0.0141. The lowest BCUT2D eigenvalue weighted by Gasteiger charge is -2.54. The van der Waals surface area contributed by atoms with Gasteiger partial charge in [0.25, 0.3) is 0 Å². The number of alkyl halides is 1. The van der Waals surface area contributed by atoms with E-state index >= 15 is 0 Å². The average Bonchev–Trinajstić information content (AvgIpc) is 3.51. The zero-order valence-corrected chi connectivity index (χ0v) is 27.5. The number of fused-ring (bicyclic) bond motifs is 3. The Morgan fingerprint density at radius 1 is 0.917 bits per heavy atom. The fourth-order valence-corrected chi connectivity index (χ4v) is 8.53. The molecule has 2 saturated heterocycles. The Morgan fingerprint density at radius 2 is 1.56 bits per heavy atom. The van der Waals surface area contributed by atoms with Crippen LogP contribution >= 0.6 is 0 Å². The van der Waals surface area contributed by atoms with E-state index in [4.69, 9.17) is 10.00 Å². The number of benzene rings is 2. The summed E-state index contributed by atoms with van der Waals surface area (Å²) in [6.45, 7) is 2.33. The second-order valence-electron chi connectivity index (χ2n) is 14.1. The molecule has 48 heavy (non-hydrogen) atoms. The van der Waals surface area contributed by atoms with Crippen LogP contribution in [0.15, 0.2) is 54.6 Å². The Morgan fingerprint density at radius 3 is 2.17 bits per heavy atom. The highest BCUT2D eigenvalue weighted by Crippen LogP contribution is 2.58. The predicted molar refractivity (Wildman–Crippen MR) is 175 cm³/mol. The Kier molecular flexibility index (Phi) is 9.46. The number of rotatable bonds is 8. The topological polar surface area (TPSA) is 132 Å². The Hall–Kier alpha value is -4.46. The number of hydrogen-bond acceptors (Lipinski definition) is 6. The molecule has 0 aromatic heterocycles. The third-order valence-corrected chi connectivity index (χ3v) is 11.4. The van der Waals surface area contributed by atoms with Crippen molar-refractivity contribution < 1.29 is 28.3 Å². The molecule has 2 bridgehead atoms. The molecule has 11 heteroatoms. The molecule has 254 valence electrons. The van der Waals surface area contributed by atoms with E-state index in [-0.39, 0.29) is 48.8 Å². The maximum absolute atomic E-state index is 14.0. The van der Waals surface area contributed by atoms with Crippen LogP contribution in [-0.2, 0) is 36.7 Å². The lowest BCUT2D eigenvalue weighted by Crippen LogP contribution is -2.58. The van der Waals surface area contributed by atoms with Crippen molar-refractivity contribution in [3.05, 3.63) is 71.3 Å². The first-order chi connectivity index (χ1) is 23.1. The zero-order valence-electron chi connectivity index (χ0n) is 27.5. The molecular weight excluding hydrogens is 613 g/mol. The van der Waals surface area contributed by atoms with Crippen LogP contribution in [0.2, 0.25) is 0 Å². The van der Waals surface area contributed by atoms with Gasteiger partial charge in [-0.2, -0.15) is 5.26 Å². The van der Waals surface area contributed by atoms with E-state index in [1.54, 1.807) is 6.92 Å². The normalized spacial score (nSPS) is 27.5. The number of carbonyl (C=O) groups excluding carboxylic acids is 4. The molecular formula is C37H44FN5O5. The number of halogens is 1. The summed E-state index contributed by atoms with van der Waals surface area (Å²) in [5, 5.41) is 14.7. The maximum Gasteiger partial charge on any atom is 0.407 e. The molecule has 4 amide bonds. The van der Waals surface area contributed by atoms with Crippen molar-refractivity contribution in [2.45, 2.75) is 94.5 Å². The van der Waals surface area contributed by atoms with Crippen molar-refractivity contribution in [1.29, 1.82) is 5.26 Å². The van der Waals surface area contributed by atoms with Crippen LogP contribution < -0.4 is 10.6 Å². The minimum Gasteiger partial charge on any atom is -0.445 e. The first-order valence-electron chi connectivity index (χ1n) is 17.0. The second kappa shape index (κ2) is 13.6. The van der Waals surface area contributed by atoms with Gasteiger partial charge in [-0.05, 0) is 73.5 Å². The van der Waals surface area contributed by atoms with E-state index in [2.05, 4.69) is 34.9 Å². The first kappa shape index (κ1) is 33.4. The van der Waals surface area contributed by atoms with Crippen molar-refractivity contribution in [2.75, 3.05) is 26.2 Å². The summed E-state index contributed by atoms with van der Waals surface area (Å²) in [5.41, 5.74) is 2.41. The Bertz CT molecular complexity index is 1540. The summed E-state index contributed by atoms with van der Waals surface area (Å²) in [5.74, 6) is -0.309. The molecule has 5 aliphatic rings. The fraction of sp³-hybridized carbons (Fsp3) is 0.541. The molecule has 2 aliphatic heterocycles. The summed E-state index contributed by atoms with van der Waals surface area (Å²) in [6.07, 6.45) is 4.81. The SMILES string of the molecule is CC(=O)NC1(c2ccccc2)CCN(C(=O)C23CCC(c4ccc(COC(=O)NCC(=O)N5C[C@@H](F)C[C@H]5C#N)cc4)(CC2)CC3)CC1. The predicted octanol–water partition coefficient (Wildman–Crippen LogP) is 4.62. The van der Waals surface area contributed by atoms with Crippen molar-refractivity contribution in [2.24, 2.45) is 5.41 Å². The molecule has 3 saturated carbocycles. The van der Waals surface area contributed by atoms with E-state index in [1.807, 2.05) is 41.3 Å². The smallest absolute Gasteiger partial charge is 0.407 e. The van der Waals surface area contributed by atoms with Gasteiger partial charge in [-0.25, -0.2) is 9.18 Å². The average molecular weight is 658 g/mol. The van der Waals surface area contributed by atoms with Crippen LogP contribution in [0.25, 0.3) is 0 Å². The van der Waals surface area contributed by atoms with Gasteiger partial charge >= 0.3 is 6.09 Å². The molecule has 2 aromatic carbocycles. The highest BCUT2D eigenvalue weighted by atomic mass is 19.1. The molecule has 2 N–H and O–H groups in total. The third-order valence-electron chi connectivity index (χ3n) is 11.4. The van der Waals surface area contributed by atoms with Crippen LogP contribution in [0.3, 0.4) is 0 Å². The highest BCUT2D eigenvalue weighted by Gasteiger charge is 2.54. The van der Waals surface area contributed by atoms with Crippen molar-refractivity contribution in [3.8, 4) is 6.07 Å². The fourth-order valence-electron chi connectivity index (χ4n) is 8.53. The van der Waals surface area contributed by atoms with Crippen LogP contribution in [0.4, 0.5) is 9.18 Å². The molecule has 5 fully saturated rings. The summed E-state index contributed by atoms with van der Waals surface area (Å²) in [7, 11) is 0. The number of carbonyl (C=O) groups is 4. The molecule has 0 radical (unpaired) electrons. The van der Waals surface area contributed by atoms with Gasteiger partial charge < -0.3 is 25.2 Å².